The molecule has 1 atom stereocenters. The minimum Gasteiger partial charge on any atom is -0.354 e. The molecular formula is C23H22N4O3. The van der Waals surface area contributed by atoms with Crippen LogP contribution in [0.5, 0.6) is 0 Å². The Balaban J connectivity index is 1.50. The number of carbonyl (C=O) groups is 3. The molecule has 0 saturated carbocycles. The van der Waals surface area contributed by atoms with Crippen LogP contribution in [0.2, 0.25) is 0 Å². The number of nitrogens with one attached hydrogen (secondary N) is 1. The quantitative estimate of drug-likeness (QED) is 0.463. The average Bonchev–Trinajstić information content (AvgIpc) is 3.38. The van der Waals surface area contributed by atoms with Crippen molar-refractivity contribution in [2.24, 2.45) is 0 Å². The van der Waals surface area contributed by atoms with E-state index >= 15 is 0 Å². The molecule has 1 aliphatic heterocycles. The summed E-state index contributed by atoms with van der Waals surface area (Å²) in [5.74, 6) is -1.19. The normalized spacial score (nSPS) is 13.9. The van der Waals surface area contributed by atoms with Gasteiger partial charge in [-0.15, -0.1) is 0 Å². The zero-order valence-corrected chi connectivity index (χ0v) is 16.4. The standard InChI is InChI=1S/C23H22N4O3/c28-21(25-11-6-13-26-14-12-24-16-26)20(15-17-7-2-1-3-8-17)27-22(29)18-9-4-5-10-19(18)23(27)30/h1-5,7-10,12,14,16,20H,6,11,13,15H2,(H,25,28)/t20-/m0/s1. The van der Waals surface area contributed by atoms with Crippen LogP contribution in [-0.2, 0) is 17.8 Å². The Morgan fingerprint density at radius 3 is 2.27 bits per heavy atom. The number of imide groups is 1. The first-order valence-corrected chi connectivity index (χ1v) is 9.89. The van der Waals surface area contributed by atoms with E-state index in [-0.39, 0.29) is 12.3 Å². The number of aryl methyl sites for hydroxylation is 1. The highest BCUT2D eigenvalue weighted by Gasteiger charge is 2.42. The van der Waals surface area contributed by atoms with Crippen molar-refractivity contribution in [1.82, 2.24) is 19.8 Å². The number of rotatable bonds is 8. The van der Waals surface area contributed by atoms with Crippen molar-refractivity contribution in [3.8, 4) is 0 Å². The zero-order chi connectivity index (χ0) is 20.9. The van der Waals surface area contributed by atoms with Gasteiger partial charge in [0.2, 0.25) is 5.91 Å². The first kappa shape index (κ1) is 19.6. The second kappa shape index (κ2) is 8.73. The van der Waals surface area contributed by atoms with Crippen molar-refractivity contribution < 1.29 is 14.4 Å². The average molecular weight is 402 g/mol. The maximum Gasteiger partial charge on any atom is 0.262 e. The lowest BCUT2D eigenvalue weighted by Crippen LogP contribution is -2.51. The summed E-state index contributed by atoms with van der Waals surface area (Å²) in [6, 6.07) is 15.2. The largest absolute Gasteiger partial charge is 0.354 e. The maximum absolute atomic E-state index is 13.1. The fourth-order valence-corrected chi connectivity index (χ4v) is 3.64. The van der Waals surface area contributed by atoms with Gasteiger partial charge in [-0.05, 0) is 24.1 Å². The molecule has 3 aromatic rings. The predicted octanol–water partition coefficient (Wildman–Crippen LogP) is 2.30. The van der Waals surface area contributed by atoms with Crippen LogP contribution in [-0.4, -0.2) is 44.8 Å². The SMILES string of the molecule is O=C(NCCCn1ccnc1)[C@H](Cc1ccccc1)N1C(=O)c2ccccc2C1=O. The van der Waals surface area contributed by atoms with Crippen LogP contribution >= 0.6 is 0 Å². The van der Waals surface area contributed by atoms with Crippen LogP contribution in [0.4, 0.5) is 0 Å². The highest BCUT2D eigenvalue weighted by molar-refractivity contribution is 6.22. The van der Waals surface area contributed by atoms with Gasteiger partial charge in [0.25, 0.3) is 11.8 Å². The molecule has 1 aliphatic rings. The number of amides is 3. The van der Waals surface area contributed by atoms with E-state index in [0.717, 1.165) is 17.0 Å². The van der Waals surface area contributed by atoms with Crippen LogP contribution in [0.25, 0.3) is 0 Å². The van der Waals surface area contributed by atoms with E-state index in [4.69, 9.17) is 0 Å². The summed E-state index contributed by atoms with van der Waals surface area (Å²) in [5.41, 5.74) is 1.56. The molecule has 2 aromatic carbocycles. The number of hydrogen-bond donors (Lipinski definition) is 1. The third-order valence-corrected chi connectivity index (χ3v) is 5.16. The van der Waals surface area contributed by atoms with Crippen LogP contribution in [0.15, 0.2) is 73.3 Å². The third-order valence-electron chi connectivity index (χ3n) is 5.16. The van der Waals surface area contributed by atoms with Gasteiger partial charge in [0, 0.05) is 31.9 Å². The molecule has 152 valence electrons. The lowest BCUT2D eigenvalue weighted by Gasteiger charge is -2.25. The zero-order valence-electron chi connectivity index (χ0n) is 16.4. The molecule has 0 spiro atoms. The summed E-state index contributed by atoms with van der Waals surface area (Å²) in [4.78, 5) is 44.0. The second-order valence-electron chi connectivity index (χ2n) is 7.18. The number of aromatic nitrogens is 2. The molecule has 7 nitrogen and oxygen atoms in total. The number of fused-ring (bicyclic) bond motifs is 1. The van der Waals surface area contributed by atoms with Crippen molar-refractivity contribution in [1.29, 1.82) is 0 Å². The van der Waals surface area contributed by atoms with E-state index in [0.29, 0.717) is 24.1 Å². The minimum atomic E-state index is -0.909. The van der Waals surface area contributed by atoms with Crippen LogP contribution in [0.1, 0.15) is 32.7 Å². The molecule has 7 heteroatoms. The Labute approximate surface area is 174 Å². The highest BCUT2D eigenvalue weighted by Crippen LogP contribution is 2.26. The van der Waals surface area contributed by atoms with Gasteiger partial charge in [-0.2, -0.15) is 0 Å². The number of benzene rings is 2. The smallest absolute Gasteiger partial charge is 0.262 e. The highest BCUT2D eigenvalue weighted by atomic mass is 16.2. The molecule has 0 saturated heterocycles. The molecule has 2 heterocycles. The Bertz CT molecular complexity index is 1010. The summed E-state index contributed by atoms with van der Waals surface area (Å²) >= 11 is 0. The molecule has 0 aliphatic carbocycles. The summed E-state index contributed by atoms with van der Waals surface area (Å²) in [5, 5.41) is 2.89. The van der Waals surface area contributed by atoms with E-state index < -0.39 is 17.9 Å². The first-order valence-electron chi connectivity index (χ1n) is 9.89. The van der Waals surface area contributed by atoms with Crippen molar-refractivity contribution in [2.45, 2.75) is 25.4 Å². The van der Waals surface area contributed by atoms with Crippen LogP contribution in [0, 0.1) is 0 Å². The van der Waals surface area contributed by atoms with Crippen LogP contribution in [0.3, 0.4) is 0 Å². The van der Waals surface area contributed by atoms with Crippen molar-refractivity contribution in [2.75, 3.05) is 6.54 Å². The number of nitrogens with zero attached hydrogens (tertiary/aromatic N) is 3. The predicted molar refractivity (Wildman–Crippen MR) is 111 cm³/mol. The van der Waals surface area contributed by atoms with E-state index in [1.54, 1.807) is 36.8 Å². The van der Waals surface area contributed by atoms with Crippen molar-refractivity contribution in [3.63, 3.8) is 0 Å². The fraction of sp³-hybridized carbons (Fsp3) is 0.217. The molecule has 1 aromatic heterocycles. The summed E-state index contributed by atoms with van der Waals surface area (Å²) < 4.78 is 1.93. The minimum absolute atomic E-state index is 0.264. The Hall–Kier alpha value is -3.74. The third kappa shape index (κ3) is 4.00. The van der Waals surface area contributed by atoms with Crippen molar-refractivity contribution in [3.05, 3.63) is 90.0 Å². The van der Waals surface area contributed by atoms with E-state index in [2.05, 4.69) is 10.3 Å². The van der Waals surface area contributed by atoms with Crippen LogP contribution < -0.4 is 5.32 Å². The number of carbonyl (C=O) groups excluding carboxylic acids is 3. The van der Waals surface area contributed by atoms with Gasteiger partial charge in [-0.3, -0.25) is 19.3 Å². The van der Waals surface area contributed by atoms with E-state index in [1.807, 2.05) is 41.1 Å². The Morgan fingerprint density at radius 2 is 1.63 bits per heavy atom. The second-order valence-corrected chi connectivity index (χ2v) is 7.18. The molecule has 0 unspecified atom stereocenters. The van der Waals surface area contributed by atoms with Gasteiger partial charge < -0.3 is 9.88 Å². The van der Waals surface area contributed by atoms with Gasteiger partial charge in [-0.1, -0.05) is 42.5 Å². The molecule has 1 N–H and O–H groups in total. The van der Waals surface area contributed by atoms with E-state index in [9.17, 15) is 14.4 Å². The Morgan fingerprint density at radius 1 is 0.967 bits per heavy atom. The van der Waals surface area contributed by atoms with Crippen molar-refractivity contribution >= 4 is 17.7 Å². The lowest BCUT2D eigenvalue weighted by molar-refractivity contribution is -0.125. The summed E-state index contributed by atoms with van der Waals surface area (Å²) in [7, 11) is 0. The first-order chi connectivity index (χ1) is 14.6. The molecule has 30 heavy (non-hydrogen) atoms. The topological polar surface area (TPSA) is 84.3 Å². The summed E-state index contributed by atoms with van der Waals surface area (Å²) in [6.07, 6.45) is 6.26. The van der Waals surface area contributed by atoms with Gasteiger partial charge in [0.1, 0.15) is 6.04 Å². The number of hydrogen-bond acceptors (Lipinski definition) is 4. The number of imidazole rings is 1. The maximum atomic E-state index is 13.1. The monoisotopic (exact) mass is 402 g/mol. The molecule has 0 fully saturated rings. The molecule has 0 radical (unpaired) electrons. The van der Waals surface area contributed by atoms with Gasteiger partial charge in [-0.25, -0.2) is 4.98 Å². The fourth-order valence-electron chi connectivity index (χ4n) is 3.64. The van der Waals surface area contributed by atoms with Gasteiger partial charge >= 0.3 is 0 Å². The van der Waals surface area contributed by atoms with E-state index in [1.165, 1.54) is 0 Å². The molecule has 3 amide bonds. The van der Waals surface area contributed by atoms with Gasteiger partial charge in [0.15, 0.2) is 0 Å². The lowest BCUT2D eigenvalue weighted by atomic mass is 10.0. The van der Waals surface area contributed by atoms with Gasteiger partial charge in [0.05, 0.1) is 17.5 Å². The molecule has 4 rings (SSSR count). The summed E-state index contributed by atoms with van der Waals surface area (Å²) in [6.45, 7) is 1.15. The Kier molecular flexibility index (Phi) is 5.70. The molecule has 0 bridgehead atoms. The molecular weight excluding hydrogens is 380 g/mol.